The van der Waals surface area contributed by atoms with E-state index < -0.39 is 11.4 Å². The van der Waals surface area contributed by atoms with Gasteiger partial charge in [0.1, 0.15) is 17.1 Å². The lowest BCUT2D eigenvalue weighted by Gasteiger charge is -2.44. The van der Waals surface area contributed by atoms with Crippen LogP contribution in [-0.4, -0.2) is 28.0 Å². The summed E-state index contributed by atoms with van der Waals surface area (Å²) in [5.41, 5.74) is 0.634. The molecule has 0 saturated heterocycles. The van der Waals surface area contributed by atoms with Gasteiger partial charge in [-0.15, -0.1) is 0 Å². The predicted molar refractivity (Wildman–Crippen MR) is 114 cm³/mol. The Morgan fingerprint density at radius 3 is 2.63 bits per heavy atom. The highest BCUT2D eigenvalue weighted by Crippen LogP contribution is 2.36. The van der Waals surface area contributed by atoms with Gasteiger partial charge in [0, 0.05) is 22.6 Å². The largest absolute Gasteiger partial charge is 0.351 e. The molecule has 1 atom stereocenters. The monoisotopic (exact) mass is 405 g/mol. The van der Waals surface area contributed by atoms with Crippen LogP contribution in [0.2, 0.25) is 0 Å². The van der Waals surface area contributed by atoms with Gasteiger partial charge in [-0.05, 0) is 50.1 Å². The van der Waals surface area contributed by atoms with Gasteiger partial charge < -0.3 is 9.88 Å². The Hall–Kier alpha value is -3.15. The summed E-state index contributed by atoms with van der Waals surface area (Å²) in [6.07, 6.45) is 4.10. The fraction of sp³-hybridized carbons (Fsp3) is 0.333. The smallest absolute Gasteiger partial charge is 0.275 e. The van der Waals surface area contributed by atoms with Gasteiger partial charge in [0.2, 0.25) is 5.91 Å². The number of nitrogens with zero attached hydrogens (tertiary/aromatic N) is 2. The summed E-state index contributed by atoms with van der Waals surface area (Å²) in [5.74, 6) is -0.937. The standard InChI is InChI=1S/C24H24FN3O2/c1-24(23(30)26-18-9-3-4-10-18)15-27-20-12-5-2-7-16(20)13-21(27)22(29)28(24)19-11-6-8-17(25)14-19/h2,5-8,11-14,18H,3-4,9-10,15H2,1H3,(H,26,30)/t24-/m1/s1. The molecular formula is C24H24FN3O2. The molecule has 30 heavy (non-hydrogen) atoms. The van der Waals surface area contributed by atoms with Crippen LogP contribution < -0.4 is 10.2 Å². The van der Waals surface area contributed by atoms with Gasteiger partial charge in [0.15, 0.2) is 0 Å². The summed E-state index contributed by atoms with van der Waals surface area (Å²) in [7, 11) is 0. The van der Waals surface area contributed by atoms with Gasteiger partial charge in [-0.1, -0.05) is 37.1 Å². The predicted octanol–water partition coefficient (Wildman–Crippen LogP) is 4.26. The van der Waals surface area contributed by atoms with Crippen LogP contribution in [-0.2, 0) is 11.3 Å². The topological polar surface area (TPSA) is 54.3 Å². The first-order valence-corrected chi connectivity index (χ1v) is 10.5. The van der Waals surface area contributed by atoms with Gasteiger partial charge in [-0.3, -0.25) is 14.5 Å². The lowest BCUT2D eigenvalue weighted by Crippen LogP contribution is -2.65. The first kappa shape index (κ1) is 18.9. The summed E-state index contributed by atoms with van der Waals surface area (Å²) in [5, 5.41) is 4.10. The molecule has 154 valence electrons. The Labute approximate surface area is 174 Å². The van der Waals surface area contributed by atoms with Crippen molar-refractivity contribution in [2.24, 2.45) is 0 Å². The summed E-state index contributed by atoms with van der Waals surface area (Å²) >= 11 is 0. The van der Waals surface area contributed by atoms with Crippen LogP contribution >= 0.6 is 0 Å². The Kier molecular flexibility index (Phi) is 4.38. The minimum Gasteiger partial charge on any atom is -0.351 e. The molecule has 0 spiro atoms. The third kappa shape index (κ3) is 2.90. The van der Waals surface area contributed by atoms with Crippen molar-refractivity contribution in [1.82, 2.24) is 9.88 Å². The molecule has 3 aromatic rings. The van der Waals surface area contributed by atoms with Gasteiger partial charge >= 0.3 is 0 Å². The molecule has 0 radical (unpaired) electrons. The van der Waals surface area contributed by atoms with Crippen molar-refractivity contribution in [2.45, 2.75) is 50.7 Å². The van der Waals surface area contributed by atoms with E-state index in [1.165, 1.54) is 17.0 Å². The third-order valence-corrected chi connectivity index (χ3v) is 6.44. The highest BCUT2D eigenvalue weighted by molar-refractivity contribution is 6.14. The highest BCUT2D eigenvalue weighted by atomic mass is 19.1. The zero-order valence-electron chi connectivity index (χ0n) is 16.9. The number of carbonyl (C=O) groups excluding carboxylic acids is 2. The molecule has 1 aromatic heterocycles. The molecule has 1 aliphatic carbocycles. The molecular weight excluding hydrogens is 381 g/mol. The zero-order chi connectivity index (χ0) is 20.9. The number of para-hydroxylation sites is 1. The Balaban J connectivity index is 1.65. The summed E-state index contributed by atoms with van der Waals surface area (Å²) in [6, 6.07) is 15.6. The number of hydrogen-bond donors (Lipinski definition) is 1. The molecule has 2 amide bonds. The number of carbonyl (C=O) groups is 2. The van der Waals surface area contributed by atoms with E-state index >= 15 is 0 Å². The lowest BCUT2D eigenvalue weighted by atomic mass is 9.93. The van der Waals surface area contributed by atoms with E-state index in [-0.39, 0.29) is 17.9 Å². The van der Waals surface area contributed by atoms with Crippen molar-refractivity contribution in [3.8, 4) is 0 Å². The van der Waals surface area contributed by atoms with Crippen molar-refractivity contribution < 1.29 is 14.0 Å². The molecule has 1 N–H and O–H groups in total. The summed E-state index contributed by atoms with van der Waals surface area (Å²) in [4.78, 5) is 28.7. The van der Waals surface area contributed by atoms with E-state index in [0.29, 0.717) is 17.9 Å². The van der Waals surface area contributed by atoms with Crippen LogP contribution in [0.1, 0.15) is 43.1 Å². The molecule has 5 rings (SSSR count). The maximum atomic E-state index is 14.0. The zero-order valence-corrected chi connectivity index (χ0v) is 16.9. The number of halogens is 1. The molecule has 1 aliphatic heterocycles. The van der Waals surface area contributed by atoms with Gasteiger partial charge in [0.25, 0.3) is 5.91 Å². The second-order valence-corrected chi connectivity index (χ2v) is 8.52. The number of benzene rings is 2. The second-order valence-electron chi connectivity index (χ2n) is 8.52. The normalized spacial score (nSPS) is 21.8. The van der Waals surface area contributed by atoms with Gasteiger partial charge in [-0.25, -0.2) is 4.39 Å². The van der Waals surface area contributed by atoms with E-state index in [4.69, 9.17) is 0 Å². The average molecular weight is 405 g/mol. The van der Waals surface area contributed by atoms with Crippen LogP contribution in [0, 0.1) is 5.82 Å². The molecule has 0 unspecified atom stereocenters. The molecule has 2 heterocycles. The number of nitrogens with one attached hydrogen (secondary N) is 1. The molecule has 1 saturated carbocycles. The average Bonchev–Trinajstić information content (AvgIpc) is 3.36. The van der Waals surface area contributed by atoms with Crippen LogP contribution in [0.15, 0.2) is 54.6 Å². The number of amides is 2. The number of aromatic nitrogens is 1. The number of hydrogen-bond acceptors (Lipinski definition) is 2. The van der Waals surface area contributed by atoms with Crippen LogP contribution in [0.3, 0.4) is 0 Å². The molecule has 0 bridgehead atoms. The highest BCUT2D eigenvalue weighted by Gasteiger charge is 2.49. The summed E-state index contributed by atoms with van der Waals surface area (Å²) in [6.45, 7) is 2.08. The first-order chi connectivity index (χ1) is 14.5. The van der Waals surface area contributed by atoms with E-state index in [9.17, 15) is 14.0 Å². The van der Waals surface area contributed by atoms with E-state index in [1.807, 2.05) is 34.9 Å². The SMILES string of the molecule is C[C@]1(C(=O)NC2CCCC2)Cn2c(cc3ccccc32)C(=O)N1c1cccc(F)c1. The van der Waals surface area contributed by atoms with Crippen molar-refractivity contribution >= 4 is 28.4 Å². The summed E-state index contributed by atoms with van der Waals surface area (Å²) < 4.78 is 16.0. The Morgan fingerprint density at radius 2 is 1.87 bits per heavy atom. The maximum absolute atomic E-state index is 14.0. The van der Waals surface area contributed by atoms with Crippen LogP contribution in [0.25, 0.3) is 10.9 Å². The van der Waals surface area contributed by atoms with E-state index in [0.717, 1.165) is 36.6 Å². The van der Waals surface area contributed by atoms with Crippen LogP contribution in [0.4, 0.5) is 10.1 Å². The molecule has 2 aliphatic rings. The lowest BCUT2D eigenvalue weighted by molar-refractivity contribution is -0.127. The van der Waals surface area contributed by atoms with Crippen molar-refractivity contribution in [1.29, 1.82) is 0 Å². The maximum Gasteiger partial charge on any atom is 0.275 e. The van der Waals surface area contributed by atoms with E-state index in [1.54, 1.807) is 19.1 Å². The minimum absolute atomic E-state index is 0.126. The third-order valence-electron chi connectivity index (χ3n) is 6.44. The van der Waals surface area contributed by atoms with E-state index in [2.05, 4.69) is 5.32 Å². The minimum atomic E-state index is -1.18. The Bertz CT molecular complexity index is 1150. The molecule has 2 aromatic carbocycles. The molecule has 1 fully saturated rings. The van der Waals surface area contributed by atoms with Gasteiger partial charge in [-0.2, -0.15) is 0 Å². The fourth-order valence-corrected chi connectivity index (χ4v) is 4.88. The van der Waals surface area contributed by atoms with Gasteiger partial charge in [0.05, 0.1) is 6.54 Å². The molecule has 5 nitrogen and oxygen atoms in total. The number of fused-ring (bicyclic) bond motifs is 3. The van der Waals surface area contributed by atoms with Crippen molar-refractivity contribution in [3.63, 3.8) is 0 Å². The van der Waals surface area contributed by atoms with Crippen molar-refractivity contribution in [3.05, 3.63) is 66.1 Å². The van der Waals surface area contributed by atoms with Crippen molar-refractivity contribution in [2.75, 3.05) is 4.90 Å². The van der Waals surface area contributed by atoms with Crippen LogP contribution in [0.5, 0.6) is 0 Å². The number of rotatable bonds is 3. The number of anilines is 1. The quantitative estimate of drug-likeness (QED) is 0.708. The Morgan fingerprint density at radius 1 is 1.10 bits per heavy atom. The molecule has 6 heteroatoms. The fourth-order valence-electron chi connectivity index (χ4n) is 4.88. The second kappa shape index (κ2) is 6.97. The first-order valence-electron chi connectivity index (χ1n) is 10.5.